The normalized spacial score (nSPS) is 14.4. The van der Waals surface area contributed by atoms with E-state index in [0.29, 0.717) is 13.1 Å². The number of methoxy groups -OCH3 is 1. The molecule has 6 heteroatoms. The van der Waals surface area contributed by atoms with Crippen LogP contribution in [0.15, 0.2) is 24.3 Å². The van der Waals surface area contributed by atoms with Gasteiger partial charge in [0, 0.05) is 19.6 Å². The quantitative estimate of drug-likeness (QED) is 0.760. The first kappa shape index (κ1) is 18.1. The van der Waals surface area contributed by atoms with Gasteiger partial charge in [-0.25, -0.2) is 4.79 Å². The molecule has 1 fully saturated rings. The average molecular weight is 331 g/mol. The molecule has 1 aliphatic heterocycles. The maximum Gasteiger partial charge on any atom is 0.315 e. The number of carbonyl (C=O) groups is 1. The Hall–Kier alpha value is -2.23. The van der Waals surface area contributed by atoms with Crippen LogP contribution >= 0.6 is 0 Å². The number of rotatable bonds is 6. The minimum atomic E-state index is -0.191. The molecule has 1 heterocycles. The standard InChI is InChI=1S/C18H25N3O3/c1-23-17-6-4-16(5-7-17)8-10-20-18(22)19-9-2-3-11-21-12-14-24-15-13-21/h4-7H,8-15H2,1H3,(H2,19,20,22). The molecule has 0 saturated carbocycles. The van der Waals surface area contributed by atoms with Gasteiger partial charge in [-0.05, 0) is 24.1 Å². The number of amides is 2. The highest BCUT2D eigenvalue weighted by Gasteiger charge is 2.07. The molecule has 24 heavy (non-hydrogen) atoms. The highest BCUT2D eigenvalue weighted by atomic mass is 16.5. The van der Waals surface area contributed by atoms with Gasteiger partial charge < -0.3 is 20.1 Å². The van der Waals surface area contributed by atoms with Crippen molar-refractivity contribution in [2.24, 2.45) is 0 Å². The fraction of sp³-hybridized carbons (Fsp3) is 0.500. The third kappa shape index (κ3) is 6.90. The Morgan fingerprint density at radius 3 is 2.67 bits per heavy atom. The number of nitrogens with one attached hydrogen (secondary N) is 2. The molecule has 2 N–H and O–H groups in total. The molecule has 0 aliphatic carbocycles. The van der Waals surface area contributed by atoms with Crippen LogP contribution in [0.25, 0.3) is 0 Å². The fourth-order valence-corrected chi connectivity index (χ4v) is 2.29. The monoisotopic (exact) mass is 331 g/mol. The minimum absolute atomic E-state index is 0.191. The largest absolute Gasteiger partial charge is 0.497 e. The van der Waals surface area contributed by atoms with E-state index >= 15 is 0 Å². The van der Waals surface area contributed by atoms with Gasteiger partial charge in [-0.2, -0.15) is 0 Å². The van der Waals surface area contributed by atoms with Crippen LogP contribution in [0.3, 0.4) is 0 Å². The number of hydrogen-bond donors (Lipinski definition) is 2. The van der Waals surface area contributed by atoms with Gasteiger partial charge in [-0.1, -0.05) is 24.0 Å². The van der Waals surface area contributed by atoms with E-state index in [1.165, 1.54) is 0 Å². The molecule has 1 aromatic carbocycles. The van der Waals surface area contributed by atoms with Gasteiger partial charge in [-0.3, -0.25) is 4.90 Å². The SMILES string of the molecule is COc1ccc(CCNC(=O)NCC#CCN2CCOCC2)cc1. The lowest BCUT2D eigenvalue weighted by Crippen LogP contribution is -2.37. The molecule has 1 aliphatic rings. The van der Waals surface area contributed by atoms with E-state index in [2.05, 4.69) is 27.4 Å². The van der Waals surface area contributed by atoms with Gasteiger partial charge >= 0.3 is 6.03 Å². The molecule has 2 amide bonds. The predicted octanol–water partition coefficient (Wildman–Crippen LogP) is 0.873. The first-order chi connectivity index (χ1) is 11.8. The summed E-state index contributed by atoms with van der Waals surface area (Å²) in [5.74, 6) is 6.87. The maximum atomic E-state index is 11.7. The van der Waals surface area contributed by atoms with Crippen LogP contribution in [0.4, 0.5) is 4.79 Å². The first-order valence-electron chi connectivity index (χ1n) is 8.18. The van der Waals surface area contributed by atoms with Crippen molar-refractivity contribution in [1.29, 1.82) is 0 Å². The predicted molar refractivity (Wildman–Crippen MR) is 93.1 cm³/mol. The van der Waals surface area contributed by atoms with Crippen molar-refractivity contribution in [2.45, 2.75) is 6.42 Å². The summed E-state index contributed by atoms with van der Waals surface area (Å²) >= 11 is 0. The zero-order valence-corrected chi connectivity index (χ0v) is 14.1. The van der Waals surface area contributed by atoms with Gasteiger partial charge in [0.1, 0.15) is 5.75 Å². The van der Waals surface area contributed by atoms with Crippen LogP contribution in [-0.2, 0) is 11.2 Å². The van der Waals surface area contributed by atoms with Gasteiger partial charge in [0.25, 0.3) is 0 Å². The lowest BCUT2D eigenvalue weighted by Gasteiger charge is -2.24. The van der Waals surface area contributed by atoms with E-state index in [-0.39, 0.29) is 6.03 Å². The van der Waals surface area contributed by atoms with Crippen LogP contribution in [0.5, 0.6) is 5.75 Å². The number of ether oxygens (including phenoxy) is 2. The number of hydrogen-bond acceptors (Lipinski definition) is 4. The Kier molecular flexibility index (Phi) is 7.94. The Morgan fingerprint density at radius 2 is 1.96 bits per heavy atom. The number of carbonyl (C=O) groups excluding carboxylic acids is 1. The van der Waals surface area contributed by atoms with E-state index in [0.717, 1.165) is 50.6 Å². The van der Waals surface area contributed by atoms with E-state index in [1.807, 2.05) is 24.3 Å². The van der Waals surface area contributed by atoms with Crippen molar-refractivity contribution >= 4 is 6.03 Å². The molecule has 2 rings (SSSR count). The van der Waals surface area contributed by atoms with Crippen molar-refractivity contribution in [2.75, 3.05) is 53.0 Å². The molecule has 0 radical (unpaired) electrons. The molecular weight excluding hydrogens is 306 g/mol. The summed E-state index contributed by atoms with van der Waals surface area (Å²) in [6.07, 6.45) is 0.778. The minimum Gasteiger partial charge on any atom is -0.497 e. The van der Waals surface area contributed by atoms with Gasteiger partial charge in [0.05, 0.1) is 33.4 Å². The van der Waals surface area contributed by atoms with Gasteiger partial charge in [-0.15, -0.1) is 0 Å². The van der Waals surface area contributed by atoms with Crippen LogP contribution < -0.4 is 15.4 Å². The molecule has 0 bridgehead atoms. The summed E-state index contributed by atoms with van der Waals surface area (Å²) in [6, 6.07) is 7.63. The third-order valence-electron chi connectivity index (χ3n) is 3.73. The second kappa shape index (κ2) is 10.5. The Bertz CT molecular complexity index is 557. The average Bonchev–Trinajstić information content (AvgIpc) is 2.63. The second-order valence-corrected chi connectivity index (χ2v) is 5.45. The Balaban J connectivity index is 1.54. The van der Waals surface area contributed by atoms with Crippen molar-refractivity contribution in [3.8, 4) is 17.6 Å². The van der Waals surface area contributed by atoms with E-state index in [9.17, 15) is 4.79 Å². The molecule has 1 saturated heterocycles. The number of benzene rings is 1. The van der Waals surface area contributed by atoms with E-state index < -0.39 is 0 Å². The van der Waals surface area contributed by atoms with Crippen molar-refractivity contribution < 1.29 is 14.3 Å². The summed E-state index contributed by atoms with van der Waals surface area (Å²) in [6.45, 7) is 5.07. The first-order valence-corrected chi connectivity index (χ1v) is 8.18. The van der Waals surface area contributed by atoms with Crippen molar-refractivity contribution in [3.63, 3.8) is 0 Å². The van der Waals surface area contributed by atoms with Crippen LogP contribution in [0.2, 0.25) is 0 Å². The molecule has 0 aromatic heterocycles. The second-order valence-electron chi connectivity index (χ2n) is 5.45. The van der Waals surface area contributed by atoms with Crippen molar-refractivity contribution in [3.05, 3.63) is 29.8 Å². The highest BCUT2D eigenvalue weighted by Crippen LogP contribution is 2.11. The molecule has 0 spiro atoms. The highest BCUT2D eigenvalue weighted by molar-refractivity contribution is 5.74. The summed E-state index contributed by atoms with van der Waals surface area (Å²) in [5, 5.41) is 5.56. The van der Waals surface area contributed by atoms with Gasteiger partial charge in [0.15, 0.2) is 0 Å². The molecule has 1 aromatic rings. The number of urea groups is 1. The smallest absolute Gasteiger partial charge is 0.315 e. The van der Waals surface area contributed by atoms with Crippen LogP contribution in [0.1, 0.15) is 5.56 Å². The maximum absolute atomic E-state index is 11.7. The lowest BCUT2D eigenvalue weighted by molar-refractivity contribution is 0.0443. The molecular formula is C18H25N3O3. The summed E-state index contributed by atoms with van der Waals surface area (Å²) in [5.41, 5.74) is 1.15. The third-order valence-corrected chi connectivity index (χ3v) is 3.73. The van der Waals surface area contributed by atoms with E-state index in [1.54, 1.807) is 7.11 Å². The Morgan fingerprint density at radius 1 is 1.21 bits per heavy atom. The molecule has 0 unspecified atom stereocenters. The van der Waals surface area contributed by atoms with Gasteiger partial charge in [0.2, 0.25) is 0 Å². The van der Waals surface area contributed by atoms with Crippen LogP contribution in [-0.4, -0.2) is 64.0 Å². The summed E-state index contributed by atoms with van der Waals surface area (Å²) < 4.78 is 10.4. The molecule has 130 valence electrons. The number of morpholine rings is 1. The summed E-state index contributed by atoms with van der Waals surface area (Å²) in [7, 11) is 1.64. The van der Waals surface area contributed by atoms with E-state index in [4.69, 9.17) is 9.47 Å². The topological polar surface area (TPSA) is 62.8 Å². The molecule has 6 nitrogen and oxygen atoms in total. The lowest BCUT2D eigenvalue weighted by atomic mass is 10.1. The molecule has 0 atom stereocenters. The Labute approximate surface area is 143 Å². The zero-order valence-electron chi connectivity index (χ0n) is 14.1. The van der Waals surface area contributed by atoms with Crippen molar-refractivity contribution in [1.82, 2.24) is 15.5 Å². The zero-order chi connectivity index (χ0) is 17.0. The van der Waals surface area contributed by atoms with Crippen LogP contribution in [0, 0.1) is 11.8 Å². The number of nitrogens with zero attached hydrogens (tertiary/aromatic N) is 1. The fourth-order valence-electron chi connectivity index (χ4n) is 2.29. The summed E-state index contributed by atoms with van der Waals surface area (Å²) in [4.78, 5) is 13.9.